The van der Waals surface area contributed by atoms with Crippen molar-refractivity contribution < 1.29 is 14.0 Å². The molecule has 5 heteroatoms. The quantitative estimate of drug-likeness (QED) is 0.287. The molecular weight excluding hydrogens is 462 g/mol. The summed E-state index contributed by atoms with van der Waals surface area (Å²) in [6.07, 6.45) is 5.19. The molecule has 0 N–H and O–H groups in total. The van der Waals surface area contributed by atoms with Gasteiger partial charge in [0.2, 0.25) is 11.8 Å². The van der Waals surface area contributed by atoms with Crippen LogP contribution in [0.3, 0.4) is 0 Å². The molecule has 3 aromatic carbocycles. The Hall–Kier alpha value is -3.44. The fourth-order valence-corrected chi connectivity index (χ4v) is 11.1. The van der Waals surface area contributed by atoms with Crippen molar-refractivity contribution in [2.24, 2.45) is 23.7 Å². The van der Waals surface area contributed by atoms with Gasteiger partial charge in [-0.05, 0) is 57.9 Å². The van der Waals surface area contributed by atoms with Crippen molar-refractivity contribution in [3.8, 4) is 5.75 Å². The average molecular weight is 494 g/mol. The predicted molar refractivity (Wildman–Crippen MR) is 145 cm³/mol. The van der Waals surface area contributed by atoms with Gasteiger partial charge in [0.15, 0.2) is 0 Å². The van der Waals surface area contributed by atoms with Gasteiger partial charge in [0.1, 0.15) is 5.75 Å². The number of anilines is 1. The van der Waals surface area contributed by atoms with Crippen molar-refractivity contribution >= 4 is 36.2 Å². The Morgan fingerprint density at radius 3 is 1.64 bits per heavy atom. The van der Waals surface area contributed by atoms with E-state index in [-0.39, 0.29) is 40.5 Å². The topological polar surface area (TPSA) is 46.6 Å². The molecule has 4 atom stereocenters. The molecule has 2 bridgehead atoms. The maximum absolute atomic E-state index is 13.2. The Labute approximate surface area is 213 Å². The van der Waals surface area contributed by atoms with Gasteiger partial charge >= 0.3 is 8.32 Å². The van der Waals surface area contributed by atoms with Crippen LogP contribution in [-0.4, -0.2) is 20.1 Å². The van der Waals surface area contributed by atoms with Crippen LogP contribution in [0, 0.1) is 23.7 Å². The molecule has 0 radical (unpaired) electrons. The van der Waals surface area contributed by atoms with Gasteiger partial charge in [-0.15, -0.1) is 0 Å². The third kappa shape index (κ3) is 3.33. The fraction of sp³-hybridized carbons (Fsp3) is 0.290. The molecule has 3 aromatic rings. The van der Waals surface area contributed by atoms with Gasteiger partial charge in [-0.1, -0.05) is 93.6 Å². The Morgan fingerprint density at radius 2 is 1.19 bits per heavy atom. The van der Waals surface area contributed by atoms with Crippen LogP contribution in [0.1, 0.15) is 27.2 Å². The van der Waals surface area contributed by atoms with E-state index in [1.54, 1.807) is 0 Å². The second-order valence-electron chi connectivity index (χ2n) is 11.3. The maximum Gasteiger partial charge on any atom is 0.319 e. The van der Waals surface area contributed by atoms with Crippen molar-refractivity contribution in [1.82, 2.24) is 0 Å². The minimum atomic E-state index is -2.75. The number of imide groups is 1. The summed E-state index contributed by atoms with van der Waals surface area (Å²) in [5.41, 5.74) is 0.633. The number of rotatable bonds is 5. The van der Waals surface area contributed by atoms with Crippen molar-refractivity contribution in [3.05, 3.63) is 97.1 Å². The number of nitrogens with zero attached hydrogens (tertiary/aromatic N) is 1. The molecule has 0 aromatic heterocycles. The molecule has 0 unspecified atom stereocenters. The van der Waals surface area contributed by atoms with E-state index in [1.165, 1.54) is 15.3 Å². The molecule has 2 amide bonds. The summed E-state index contributed by atoms with van der Waals surface area (Å²) in [5, 5.41) is 2.25. The largest absolute Gasteiger partial charge is 0.534 e. The first kappa shape index (κ1) is 23.0. The monoisotopic (exact) mass is 493 g/mol. The molecule has 4 nitrogen and oxygen atoms in total. The first-order valence-electron chi connectivity index (χ1n) is 12.8. The van der Waals surface area contributed by atoms with Crippen molar-refractivity contribution in [3.63, 3.8) is 0 Å². The van der Waals surface area contributed by atoms with E-state index in [9.17, 15) is 9.59 Å². The minimum Gasteiger partial charge on any atom is -0.534 e. The molecule has 36 heavy (non-hydrogen) atoms. The van der Waals surface area contributed by atoms with E-state index >= 15 is 0 Å². The Kier molecular flexibility index (Phi) is 5.30. The van der Waals surface area contributed by atoms with Crippen LogP contribution in [0.15, 0.2) is 97.1 Å². The molecular formula is C31H31NO3Si. The molecule has 1 aliphatic heterocycles. The smallest absolute Gasteiger partial charge is 0.319 e. The van der Waals surface area contributed by atoms with Gasteiger partial charge in [0, 0.05) is 0 Å². The fourth-order valence-electron chi connectivity index (χ4n) is 6.65. The summed E-state index contributed by atoms with van der Waals surface area (Å²) in [5.74, 6) is 0.665. The summed E-state index contributed by atoms with van der Waals surface area (Å²) in [6, 6.07) is 28.6. The Morgan fingerprint density at radius 1 is 0.722 bits per heavy atom. The molecule has 6 rings (SSSR count). The number of amides is 2. The van der Waals surface area contributed by atoms with E-state index in [0.717, 1.165) is 12.2 Å². The molecule has 1 saturated carbocycles. The molecule has 1 saturated heterocycles. The second kappa shape index (κ2) is 8.31. The highest BCUT2D eigenvalue weighted by Gasteiger charge is 2.59. The number of fused-ring (bicyclic) bond motifs is 5. The molecule has 3 aliphatic rings. The Bertz CT molecular complexity index is 1260. The van der Waals surface area contributed by atoms with Gasteiger partial charge in [0.05, 0.1) is 17.5 Å². The van der Waals surface area contributed by atoms with Gasteiger partial charge in [-0.3, -0.25) is 14.5 Å². The van der Waals surface area contributed by atoms with Gasteiger partial charge in [-0.2, -0.15) is 0 Å². The highest BCUT2D eigenvalue weighted by molar-refractivity contribution is 7.00. The number of carbonyl (C=O) groups excluding carboxylic acids is 2. The van der Waals surface area contributed by atoms with Crippen LogP contribution in [0.2, 0.25) is 5.04 Å². The van der Waals surface area contributed by atoms with Crippen molar-refractivity contribution in [2.75, 3.05) is 4.90 Å². The second-order valence-corrected chi connectivity index (χ2v) is 15.5. The van der Waals surface area contributed by atoms with E-state index in [4.69, 9.17) is 4.43 Å². The minimum absolute atomic E-state index is 0.0532. The highest BCUT2D eigenvalue weighted by Crippen LogP contribution is 2.53. The van der Waals surface area contributed by atoms with Crippen molar-refractivity contribution in [2.45, 2.75) is 32.2 Å². The van der Waals surface area contributed by atoms with E-state index < -0.39 is 8.32 Å². The van der Waals surface area contributed by atoms with Crippen LogP contribution in [0.5, 0.6) is 5.75 Å². The van der Waals surface area contributed by atoms with Crippen LogP contribution < -0.4 is 19.7 Å². The molecule has 0 spiro atoms. The van der Waals surface area contributed by atoms with E-state index in [2.05, 4.69) is 81.5 Å². The lowest BCUT2D eigenvalue weighted by Crippen LogP contribution is -2.68. The average Bonchev–Trinajstić information content (AvgIpc) is 3.57. The summed E-state index contributed by atoms with van der Waals surface area (Å²) in [4.78, 5) is 27.9. The third-order valence-electron chi connectivity index (χ3n) is 8.25. The van der Waals surface area contributed by atoms with Gasteiger partial charge in [-0.25, -0.2) is 0 Å². The van der Waals surface area contributed by atoms with Gasteiger partial charge < -0.3 is 4.43 Å². The molecule has 1 heterocycles. The normalized spacial score (nSPS) is 24.9. The third-order valence-corrected chi connectivity index (χ3v) is 13.2. The molecule has 2 aliphatic carbocycles. The zero-order valence-corrected chi connectivity index (χ0v) is 21.9. The van der Waals surface area contributed by atoms with E-state index in [1.807, 2.05) is 36.4 Å². The number of carbonyl (C=O) groups is 2. The summed E-state index contributed by atoms with van der Waals surface area (Å²) in [7, 11) is -2.75. The zero-order valence-electron chi connectivity index (χ0n) is 20.9. The molecule has 2 fully saturated rings. The number of hydrogen-bond acceptors (Lipinski definition) is 3. The molecule has 182 valence electrons. The predicted octanol–water partition coefficient (Wildman–Crippen LogP) is 4.94. The van der Waals surface area contributed by atoms with Crippen LogP contribution in [-0.2, 0) is 9.59 Å². The zero-order chi connectivity index (χ0) is 25.1. The van der Waals surface area contributed by atoms with Crippen molar-refractivity contribution in [1.29, 1.82) is 0 Å². The first-order chi connectivity index (χ1) is 17.3. The van der Waals surface area contributed by atoms with Crippen LogP contribution in [0.25, 0.3) is 0 Å². The SMILES string of the molecule is CC(C)(C)[Si](Oc1ccc(N2C(=O)[C@@H]3[C@H](C2=O)[C@H]2C=C[C@@H]3C2)cc1)(c1ccccc1)c1ccccc1. The number of benzene rings is 3. The number of allylic oxidation sites excluding steroid dienone is 2. The van der Waals surface area contributed by atoms with Gasteiger partial charge in [0.25, 0.3) is 0 Å². The summed E-state index contributed by atoms with van der Waals surface area (Å²) < 4.78 is 7.07. The summed E-state index contributed by atoms with van der Waals surface area (Å²) in [6.45, 7) is 6.74. The highest BCUT2D eigenvalue weighted by atomic mass is 28.4. The van der Waals surface area contributed by atoms with Crippen LogP contribution >= 0.6 is 0 Å². The van der Waals surface area contributed by atoms with Crippen LogP contribution in [0.4, 0.5) is 5.69 Å². The number of hydrogen-bond donors (Lipinski definition) is 0. The lowest BCUT2D eigenvalue weighted by atomic mass is 9.85. The summed E-state index contributed by atoms with van der Waals surface area (Å²) >= 11 is 0. The Balaban J connectivity index is 1.36. The maximum atomic E-state index is 13.2. The standard InChI is InChI=1S/C31H31NO3Si/c1-31(2,3)36(25-10-6-4-7-11-25,26-12-8-5-9-13-26)35-24-18-16-23(17-19-24)32-29(33)27-21-14-15-22(20-21)28(27)30(32)34/h4-19,21-22,27-28H,20H2,1-3H3/t21-,22+,27+,28-. The first-order valence-corrected chi connectivity index (χ1v) is 14.7. The van der Waals surface area contributed by atoms with E-state index in [0.29, 0.717) is 5.69 Å². The lowest BCUT2D eigenvalue weighted by molar-refractivity contribution is -0.123. The lowest BCUT2D eigenvalue weighted by Gasteiger charge is -2.43.